The van der Waals surface area contributed by atoms with E-state index in [0.29, 0.717) is 23.7 Å². The van der Waals surface area contributed by atoms with Crippen molar-refractivity contribution in [2.75, 3.05) is 0 Å². The van der Waals surface area contributed by atoms with Gasteiger partial charge in [-0.25, -0.2) is 0 Å². The van der Waals surface area contributed by atoms with Gasteiger partial charge in [0, 0.05) is 18.3 Å². The second kappa shape index (κ2) is 6.84. The van der Waals surface area contributed by atoms with Gasteiger partial charge < -0.3 is 9.15 Å². The Morgan fingerprint density at radius 2 is 1.75 bits per heavy atom. The van der Waals surface area contributed by atoms with E-state index >= 15 is 0 Å². The molecule has 3 fully saturated rings. The van der Waals surface area contributed by atoms with Gasteiger partial charge in [0.1, 0.15) is 6.10 Å². The van der Waals surface area contributed by atoms with Crippen LogP contribution in [0, 0.1) is 39.4 Å². The van der Waals surface area contributed by atoms with Gasteiger partial charge in [0.15, 0.2) is 5.78 Å². The van der Waals surface area contributed by atoms with Gasteiger partial charge in [-0.1, -0.05) is 40.7 Å². The topological polar surface area (TPSA) is 56.5 Å². The van der Waals surface area contributed by atoms with Crippen molar-refractivity contribution < 1.29 is 18.7 Å². The number of hydrogen-bond donors (Lipinski definition) is 0. The monoisotopic (exact) mass is 438 g/mol. The zero-order chi connectivity index (χ0) is 23.1. The predicted molar refractivity (Wildman–Crippen MR) is 123 cm³/mol. The van der Waals surface area contributed by atoms with Crippen LogP contribution in [-0.2, 0) is 14.3 Å². The summed E-state index contributed by atoms with van der Waals surface area (Å²) >= 11 is 0. The summed E-state index contributed by atoms with van der Waals surface area (Å²) in [6.07, 6.45) is 12.9. The van der Waals surface area contributed by atoms with Crippen LogP contribution in [0.5, 0.6) is 0 Å². The molecule has 0 spiro atoms. The molecule has 4 heteroatoms. The molecule has 4 nitrogen and oxygen atoms in total. The molecule has 3 saturated carbocycles. The summed E-state index contributed by atoms with van der Waals surface area (Å²) in [5, 5.41) is 0. The molecule has 0 aliphatic heterocycles. The Labute approximate surface area is 192 Å². The third kappa shape index (κ3) is 2.73. The number of hydrogen-bond acceptors (Lipinski definition) is 4. The smallest absolute Gasteiger partial charge is 0.302 e. The average Bonchev–Trinajstić information content (AvgIpc) is 3.31. The van der Waals surface area contributed by atoms with Crippen LogP contribution in [-0.4, -0.2) is 17.9 Å². The number of carbonyl (C=O) groups is 2. The summed E-state index contributed by atoms with van der Waals surface area (Å²) in [6, 6.07) is 2.09. The predicted octanol–water partition coefficient (Wildman–Crippen LogP) is 6.32. The highest BCUT2D eigenvalue weighted by Crippen LogP contribution is 2.74. The van der Waals surface area contributed by atoms with E-state index in [9.17, 15) is 9.59 Å². The fraction of sp³-hybridized carbons (Fsp3) is 0.714. The SMILES string of the molecule is CC(=O)OC1CC(c2ccoc2)C2(C)CCC3C4(C)C=CC(=O)C(C)(C)C4CCC3(C)C12. The first-order valence-electron chi connectivity index (χ1n) is 12.4. The van der Waals surface area contributed by atoms with Gasteiger partial charge in [-0.15, -0.1) is 0 Å². The van der Waals surface area contributed by atoms with Crippen LogP contribution in [0.25, 0.3) is 0 Å². The highest BCUT2D eigenvalue weighted by molar-refractivity contribution is 5.95. The van der Waals surface area contributed by atoms with Gasteiger partial charge in [0.2, 0.25) is 0 Å². The van der Waals surface area contributed by atoms with Crippen molar-refractivity contribution in [2.45, 2.75) is 85.7 Å². The fourth-order valence-electron chi connectivity index (χ4n) is 9.48. The Kier molecular flexibility index (Phi) is 4.69. The van der Waals surface area contributed by atoms with E-state index in [1.165, 1.54) is 5.56 Å². The number of furan rings is 1. The van der Waals surface area contributed by atoms with E-state index in [1.807, 2.05) is 12.3 Å². The molecule has 1 aromatic rings. The van der Waals surface area contributed by atoms with Crippen LogP contribution in [0.15, 0.2) is 35.2 Å². The Morgan fingerprint density at radius 3 is 2.41 bits per heavy atom. The molecule has 5 rings (SSSR count). The van der Waals surface area contributed by atoms with Crippen LogP contribution >= 0.6 is 0 Å². The van der Waals surface area contributed by atoms with Gasteiger partial charge in [-0.3, -0.25) is 9.59 Å². The molecule has 0 radical (unpaired) electrons. The molecule has 0 amide bonds. The van der Waals surface area contributed by atoms with Crippen molar-refractivity contribution in [3.05, 3.63) is 36.3 Å². The molecule has 0 N–H and O–H groups in total. The fourth-order valence-corrected chi connectivity index (χ4v) is 9.48. The van der Waals surface area contributed by atoms with Crippen molar-refractivity contribution in [1.29, 1.82) is 0 Å². The number of ether oxygens (including phenoxy) is 1. The van der Waals surface area contributed by atoms with Gasteiger partial charge in [0.05, 0.1) is 12.5 Å². The molecule has 4 aliphatic carbocycles. The maximum absolute atomic E-state index is 12.8. The third-order valence-corrected chi connectivity index (χ3v) is 10.7. The Hall–Kier alpha value is -1.84. The first kappa shape index (κ1) is 22.0. The van der Waals surface area contributed by atoms with Crippen LogP contribution in [0.4, 0.5) is 0 Å². The second-order valence-corrected chi connectivity index (χ2v) is 12.4. The lowest BCUT2D eigenvalue weighted by Gasteiger charge is -2.66. The van der Waals surface area contributed by atoms with E-state index in [1.54, 1.807) is 13.2 Å². The molecule has 8 atom stereocenters. The molecule has 1 heterocycles. The van der Waals surface area contributed by atoms with Crippen molar-refractivity contribution in [1.82, 2.24) is 0 Å². The van der Waals surface area contributed by atoms with E-state index in [0.717, 1.165) is 32.1 Å². The van der Waals surface area contributed by atoms with Crippen LogP contribution in [0.3, 0.4) is 0 Å². The Morgan fingerprint density at radius 1 is 1.06 bits per heavy atom. The average molecular weight is 439 g/mol. The van der Waals surface area contributed by atoms with E-state index < -0.39 is 0 Å². The molecule has 174 valence electrons. The Balaban J connectivity index is 1.60. The molecular formula is C28H38O4. The number of rotatable bonds is 2. The number of carbonyl (C=O) groups excluding carboxylic acids is 2. The summed E-state index contributed by atoms with van der Waals surface area (Å²) in [7, 11) is 0. The highest BCUT2D eigenvalue weighted by atomic mass is 16.5. The lowest BCUT2D eigenvalue weighted by molar-refractivity contribution is -0.186. The summed E-state index contributed by atoms with van der Waals surface area (Å²) < 4.78 is 11.5. The number of allylic oxidation sites excluding steroid dienone is 2. The van der Waals surface area contributed by atoms with E-state index in [4.69, 9.17) is 9.15 Å². The normalized spacial score (nSPS) is 46.8. The van der Waals surface area contributed by atoms with Gasteiger partial charge >= 0.3 is 5.97 Å². The molecule has 0 saturated heterocycles. The number of ketones is 1. The number of fused-ring (bicyclic) bond motifs is 5. The van der Waals surface area contributed by atoms with Crippen molar-refractivity contribution in [3.63, 3.8) is 0 Å². The molecule has 32 heavy (non-hydrogen) atoms. The lowest BCUT2D eigenvalue weighted by atomic mass is 9.38. The Bertz CT molecular complexity index is 958. The maximum Gasteiger partial charge on any atom is 0.302 e. The van der Waals surface area contributed by atoms with E-state index in [2.05, 4.69) is 46.8 Å². The van der Waals surface area contributed by atoms with Gasteiger partial charge in [-0.05, 0) is 83.8 Å². The van der Waals surface area contributed by atoms with E-state index in [-0.39, 0.29) is 39.5 Å². The maximum atomic E-state index is 12.8. The largest absolute Gasteiger partial charge is 0.472 e. The van der Waals surface area contributed by atoms with Gasteiger partial charge in [-0.2, -0.15) is 0 Å². The number of esters is 1. The summed E-state index contributed by atoms with van der Waals surface area (Å²) in [5.41, 5.74) is 1.01. The zero-order valence-corrected chi connectivity index (χ0v) is 20.4. The van der Waals surface area contributed by atoms with Crippen molar-refractivity contribution in [3.8, 4) is 0 Å². The molecule has 0 aromatic carbocycles. The first-order valence-corrected chi connectivity index (χ1v) is 12.4. The quantitative estimate of drug-likeness (QED) is 0.507. The highest BCUT2D eigenvalue weighted by Gasteiger charge is 2.69. The first-order chi connectivity index (χ1) is 14.9. The summed E-state index contributed by atoms with van der Waals surface area (Å²) in [6.45, 7) is 13.1. The molecule has 8 unspecified atom stereocenters. The molecule has 4 aliphatic rings. The third-order valence-electron chi connectivity index (χ3n) is 10.7. The standard InChI is InChI=1S/C28H38O4/c1-17(29)32-20-15-19(18-10-14-31-16-18)26(4)11-8-22-27(5)13-9-23(30)25(2,3)21(27)7-12-28(22,6)24(20)26/h9-10,13-14,16,19-22,24H,7-8,11-12,15H2,1-6H3. The van der Waals surface area contributed by atoms with Crippen LogP contribution < -0.4 is 0 Å². The molecule has 0 bridgehead atoms. The summed E-state index contributed by atoms with van der Waals surface area (Å²) in [4.78, 5) is 24.9. The minimum absolute atomic E-state index is 0.0137. The lowest BCUT2D eigenvalue weighted by Crippen LogP contribution is -2.62. The minimum Gasteiger partial charge on any atom is -0.472 e. The van der Waals surface area contributed by atoms with Crippen LogP contribution in [0.2, 0.25) is 0 Å². The summed E-state index contributed by atoms with van der Waals surface area (Å²) in [5.74, 6) is 1.54. The molecular weight excluding hydrogens is 400 g/mol. The molecule has 1 aromatic heterocycles. The minimum atomic E-state index is -0.324. The van der Waals surface area contributed by atoms with Gasteiger partial charge in [0.25, 0.3) is 0 Å². The zero-order valence-electron chi connectivity index (χ0n) is 20.4. The van der Waals surface area contributed by atoms with Crippen LogP contribution in [0.1, 0.15) is 85.1 Å². The second-order valence-electron chi connectivity index (χ2n) is 12.4. The van der Waals surface area contributed by atoms with Crippen molar-refractivity contribution >= 4 is 11.8 Å². The van der Waals surface area contributed by atoms with Crippen molar-refractivity contribution in [2.24, 2.45) is 39.4 Å².